The van der Waals surface area contributed by atoms with Gasteiger partial charge in [0.1, 0.15) is 5.15 Å². The van der Waals surface area contributed by atoms with Crippen LogP contribution < -0.4 is 5.43 Å². The number of hydrogen-bond acceptors (Lipinski definition) is 5. The first kappa shape index (κ1) is 26.5. The molecule has 0 aliphatic rings. The third-order valence-electron chi connectivity index (χ3n) is 5.79. The molecule has 2 N–H and O–H groups in total. The zero-order valence-corrected chi connectivity index (χ0v) is 21.9. The van der Waals surface area contributed by atoms with Crippen molar-refractivity contribution >= 4 is 46.5 Å². The molecule has 0 radical (unpaired) electrons. The van der Waals surface area contributed by atoms with E-state index in [1.807, 2.05) is 36.4 Å². The Bertz CT molecular complexity index is 1640. The maximum atomic E-state index is 13.1. The quantitative estimate of drug-likeness (QED) is 0.129. The molecule has 0 bridgehead atoms. The van der Waals surface area contributed by atoms with Crippen LogP contribution in [0.25, 0.3) is 16.7 Å². The Hall–Kier alpha value is -4.09. The van der Waals surface area contributed by atoms with Gasteiger partial charge in [-0.25, -0.2) is 15.1 Å². The Kier molecular flexibility index (Phi) is 7.45. The second kappa shape index (κ2) is 11.0. The number of nitrogens with one attached hydrogen (secondary N) is 2. The van der Waals surface area contributed by atoms with E-state index in [-0.39, 0.29) is 10.8 Å². The molecular formula is C27H20ClF3N6OS. The van der Waals surface area contributed by atoms with Crippen molar-refractivity contribution in [2.24, 2.45) is 5.10 Å². The molecular weight excluding hydrogens is 549 g/mol. The van der Waals surface area contributed by atoms with Gasteiger partial charge >= 0.3 is 6.18 Å². The number of carbonyl (C=O) groups is 1. The number of thioether (sulfide) groups is 1. The molecule has 0 unspecified atom stereocenters. The fourth-order valence-corrected chi connectivity index (χ4v) is 4.93. The number of rotatable bonds is 7. The van der Waals surface area contributed by atoms with Crippen molar-refractivity contribution in [3.05, 3.63) is 106 Å². The molecule has 0 fully saturated rings. The zero-order chi connectivity index (χ0) is 27.6. The van der Waals surface area contributed by atoms with Gasteiger partial charge in [-0.2, -0.15) is 23.4 Å². The molecule has 2 aromatic heterocycles. The number of nitrogens with zero attached hydrogens (tertiary/aromatic N) is 4. The van der Waals surface area contributed by atoms with E-state index in [9.17, 15) is 18.0 Å². The summed E-state index contributed by atoms with van der Waals surface area (Å²) in [5.74, 6) is 0.245. The smallest absolute Gasteiger partial charge is 0.333 e. The van der Waals surface area contributed by atoms with Crippen molar-refractivity contribution < 1.29 is 18.0 Å². The molecule has 5 rings (SSSR count). The normalized spacial score (nSPS) is 11.9. The highest BCUT2D eigenvalue weighted by atomic mass is 35.5. The minimum Gasteiger partial charge on any atom is -0.333 e. The monoisotopic (exact) mass is 568 g/mol. The number of fused-ring (bicyclic) bond motifs is 1. The highest BCUT2D eigenvalue weighted by Crippen LogP contribution is 2.31. The van der Waals surface area contributed by atoms with Gasteiger partial charge in [-0.3, -0.25) is 4.79 Å². The highest BCUT2D eigenvalue weighted by Gasteiger charge is 2.30. The van der Waals surface area contributed by atoms with Crippen LogP contribution in [-0.2, 0) is 11.9 Å². The molecule has 5 aromatic rings. The lowest BCUT2D eigenvalue weighted by molar-refractivity contribution is -0.137. The Balaban J connectivity index is 1.21. The fraction of sp³-hybridized carbons (Fsp3) is 0.111. The molecule has 3 aromatic carbocycles. The third kappa shape index (κ3) is 5.99. The summed E-state index contributed by atoms with van der Waals surface area (Å²) in [6, 6.07) is 19.6. The van der Waals surface area contributed by atoms with E-state index in [1.165, 1.54) is 23.0 Å². The number of amides is 1. The van der Waals surface area contributed by atoms with Crippen LogP contribution in [0.5, 0.6) is 0 Å². The average molecular weight is 569 g/mol. The lowest BCUT2D eigenvalue weighted by Crippen LogP contribution is -2.17. The van der Waals surface area contributed by atoms with Gasteiger partial charge in [0.2, 0.25) is 0 Å². The SMILES string of the molecule is Cc1nn(-c2cccc(C(F)(F)F)c2)c(Cl)c1/C=N\NC(=O)c1ccc(CSc2nc3ccccc3[nH]2)cc1. The van der Waals surface area contributed by atoms with Crippen molar-refractivity contribution in [1.82, 2.24) is 25.2 Å². The summed E-state index contributed by atoms with van der Waals surface area (Å²) in [6.07, 6.45) is -3.18. The molecule has 0 saturated heterocycles. The number of aromatic nitrogens is 4. The summed E-state index contributed by atoms with van der Waals surface area (Å²) in [5.41, 5.74) is 5.89. The van der Waals surface area contributed by atoms with Crippen LogP contribution >= 0.6 is 23.4 Å². The van der Waals surface area contributed by atoms with E-state index in [2.05, 4.69) is 25.6 Å². The molecule has 7 nitrogen and oxygen atoms in total. The first-order valence-electron chi connectivity index (χ1n) is 11.6. The number of hydrazone groups is 1. The fourth-order valence-electron chi connectivity index (χ4n) is 3.76. The Morgan fingerprint density at radius 3 is 2.64 bits per heavy atom. The van der Waals surface area contributed by atoms with Gasteiger partial charge in [-0.05, 0) is 55.0 Å². The Morgan fingerprint density at radius 2 is 1.90 bits per heavy atom. The summed E-state index contributed by atoms with van der Waals surface area (Å²) < 4.78 is 40.5. The summed E-state index contributed by atoms with van der Waals surface area (Å²) in [5, 5.41) is 9.07. The standard InChI is InChI=1S/C27H20ClF3N6OS/c1-16-21(24(28)37(36-16)20-6-4-5-19(13-20)27(29,30)31)14-32-35-25(38)18-11-9-17(10-12-18)15-39-26-33-22-7-2-3-8-23(22)34-26/h2-14H,15H2,1H3,(H,33,34)(H,35,38)/b32-14-. The molecule has 0 aliphatic heterocycles. The van der Waals surface area contributed by atoms with Gasteiger partial charge in [0.05, 0.1) is 39.8 Å². The number of H-pyrrole nitrogens is 1. The van der Waals surface area contributed by atoms with E-state index in [1.54, 1.807) is 30.8 Å². The first-order valence-corrected chi connectivity index (χ1v) is 13.0. The van der Waals surface area contributed by atoms with Crippen LogP contribution in [0.3, 0.4) is 0 Å². The van der Waals surface area contributed by atoms with E-state index in [0.29, 0.717) is 22.6 Å². The van der Waals surface area contributed by atoms with Gasteiger partial charge in [0.15, 0.2) is 5.16 Å². The molecule has 39 heavy (non-hydrogen) atoms. The average Bonchev–Trinajstić information content (AvgIpc) is 3.47. The van der Waals surface area contributed by atoms with Crippen molar-refractivity contribution in [3.8, 4) is 5.69 Å². The molecule has 0 aliphatic carbocycles. The number of carbonyl (C=O) groups excluding carboxylic acids is 1. The van der Waals surface area contributed by atoms with E-state index in [0.717, 1.165) is 33.9 Å². The summed E-state index contributed by atoms with van der Waals surface area (Å²) >= 11 is 7.95. The predicted octanol–water partition coefficient (Wildman–Crippen LogP) is 6.79. The number of aryl methyl sites for hydroxylation is 1. The second-order valence-electron chi connectivity index (χ2n) is 8.49. The number of hydrogen-bond donors (Lipinski definition) is 2. The van der Waals surface area contributed by atoms with Gasteiger partial charge in [0.25, 0.3) is 5.91 Å². The molecule has 0 spiro atoms. The van der Waals surface area contributed by atoms with Gasteiger partial charge < -0.3 is 4.98 Å². The number of alkyl halides is 3. The lowest BCUT2D eigenvalue weighted by Gasteiger charge is -2.09. The maximum absolute atomic E-state index is 13.1. The number of para-hydroxylation sites is 2. The van der Waals surface area contributed by atoms with Crippen LogP contribution in [0.4, 0.5) is 13.2 Å². The number of benzene rings is 3. The predicted molar refractivity (Wildman–Crippen MR) is 145 cm³/mol. The summed E-state index contributed by atoms with van der Waals surface area (Å²) in [6.45, 7) is 1.64. The van der Waals surface area contributed by atoms with Crippen molar-refractivity contribution in [1.29, 1.82) is 0 Å². The number of aromatic amines is 1. The van der Waals surface area contributed by atoms with E-state index in [4.69, 9.17) is 11.6 Å². The number of halogens is 4. The van der Waals surface area contributed by atoms with Gasteiger partial charge in [-0.1, -0.05) is 53.7 Å². The summed E-state index contributed by atoms with van der Waals surface area (Å²) in [4.78, 5) is 20.4. The zero-order valence-electron chi connectivity index (χ0n) is 20.3. The molecule has 198 valence electrons. The Morgan fingerprint density at radius 1 is 1.13 bits per heavy atom. The van der Waals surface area contributed by atoms with Crippen LogP contribution in [0.15, 0.2) is 83.1 Å². The van der Waals surface area contributed by atoms with E-state index >= 15 is 0 Å². The van der Waals surface area contributed by atoms with Crippen LogP contribution in [0, 0.1) is 6.92 Å². The highest BCUT2D eigenvalue weighted by molar-refractivity contribution is 7.98. The number of imidazole rings is 1. The first-order chi connectivity index (χ1) is 18.7. The van der Waals surface area contributed by atoms with Crippen molar-refractivity contribution in [2.75, 3.05) is 0 Å². The van der Waals surface area contributed by atoms with Crippen LogP contribution in [0.2, 0.25) is 5.15 Å². The second-order valence-corrected chi connectivity index (χ2v) is 9.82. The van der Waals surface area contributed by atoms with Crippen molar-refractivity contribution in [2.45, 2.75) is 24.0 Å². The minimum atomic E-state index is -4.50. The van der Waals surface area contributed by atoms with Gasteiger partial charge in [0, 0.05) is 11.3 Å². The van der Waals surface area contributed by atoms with Crippen molar-refractivity contribution in [3.63, 3.8) is 0 Å². The molecule has 1 amide bonds. The molecule has 2 heterocycles. The Labute approximate surface area is 230 Å². The van der Waals surface area contributed by atoms with Crippen LogP contribution in [-0.4, -0.2) is 31.9 Å². The van der Waals surface area contributed by atoms with E-state index < -0.39 is 17.6 Å². The summed E-state index contributed by atoms with van der Waals surface area (Å²) in [7, 11) is 0. The molecule has 0 atom stereocenters. The molecule has 0 saturated carbocycles. The largest absolute Gasteiger partial charge is 0.416 e. The molecule has 12 heteroatoms. The lowest BCUT2D eigenvalue weighted by atomic mass is 10.1. The maximum Gasteiger partial charge on any atom is 0.416 e. The van der Waals surface area contributed by atoms with Gasteiger partial charge in [-0.15, -0.1) is 0 Å². The topological polar surface area (TPSA) is 88.0 Å². The minimum absolute atomic E-state index is 0.0659. The van der Waals surface area contributed by atoms with Crippen LogP contribution in [0.1, 0.15) is 32.7 Å². The third-order valence-corrected chi connectivity index (χ3v) is 7.09.